The molecule has 12 heavy (non-hydrogen) atoms. The van der Waals surface area contributed by atoms with Gasteiger partial charge in [-0.05, 0) is 5.04 Å². The summed E-state index contributed by atoms with van der Waals surface area (Å²) in [5, 5.41) is 0.147. The molecule has 72 valence electrons. The molecule has 2 nitrogen and oxygen atoms in total. The maximum Gasteiger partial charge on any atom is 0.194 e. The van der Waals surface area contributed by atoms with E-state index in [1.807, 2.05) is 14.1 Å². The van der Waals surface area contributed by atoms with Crippen LogP contribution < -0.4 is 0 Å². The number of hydrogen-bond donors (Lipinski definition) is 0. The molecule has 0 spiro atoms. The molecule has 0 atom stereocenters. The Morgan fingerprint density at radius 1 is 1.17 bits per heavy atom. The molecule has 0 aliphatic rings. The van der Waals surface area contributed by atoms with Gasteiger partial charge >= 0.3 is 0 Å². The van der Waals surface area contributed by atoms with E-state index in [4.69, 9.17) is 0 Å². The molecule has 0 aromatic carbocycles. The number of rotatable bonds is 1. The van der Waals surface area contributed by atoms with Gasteiger partial charge in [-0.2, -0.15) is 0 Å². The van der Waals surface area contributed by atoms with E-state index < -0.39 is 8.07 Å². The number of nitrogens with zero attached hydrogens (tertiary/aromatic N) is 1. The first-order chi connectivity index (χ1) is 5.10. The van der Waals surface area contributed by atoms with E-state index in [9.17, 15) is 4.79 Å². The summed E-state index contributed by atoms with van der Waals surface area (Å²) in [6, 6.07) is 0. The number of carbonyl (C=O) groups excluding carboxylic acids is 1. The molecule has 0 aromatic heterocycles. The van der Waals surface area contributed by atoms with E-state index in [-0.39, 0.29) is 5.04 Å². The Morgan fingerprint density at radius 3 is 1.58 bits per heavy atom. The van der Waals surface area contributed by atoms with Crippen LogP contribution in [-0.2, 0) is 0 Å². The van der Waals surface area contributed by atoms with Crippen molar-refractivity contribution in [1.82, 2.24) is 4.90 Å². The van der Waals surface area contributed by atoms with E-state index in [1.54, 1.807) is 4.90 Å². The average molecular weight is 187 g/mol. The highest BCUT2D eigenvalue weighted by molar-refractivity contribution is 7.05. The fourth-order valence-corrected chi connectivity index (χ4v) is 2.64. The van der Waals surface area contributed by atoms with Crippen molar-refractivity contribution in [3.63, 3.8) is 0 Å². The van der Waals surface area contributed by atoms with E-state index >= 15 is 0 Å². The Labute approximate surface area is 77.0 Å². The zero-order valence-electron chi connectivity index (χ0n) is 9.36. The van der Waals surface area contributed by atoms with E-state index in [0.29, 0.717) is 5.53 Å². The average Bonchev–Trinajstić information content (AvgIpc) is 1.83. The standard InChI is InChI=1S/C9H21NOSi/c1-9(2,3)12(6,7)8(11)10(4)5/h1-7H3. The Hall–Kier alpha value is -0.313. The fraction of sp³-hybridized carbons (Fsp3) is 0.889. The highest BCUT2D eigenvalue weighted by Crippen LogP contribution is 2.36. The number of hydrogen-bond acceptors (Lipinski definition) is 1. The van der Waals surface area contributed by atoms with Crippen LogP contribution in [-0.4, -0.2) is 32.6 Å². The predicted octanol–water partition coefficient (Wildman–Crippen LogP) is 2.76. The summed E-state index contributed by atoms with van der Waals surface area (Å²) in [6.45, 7) is 10.7. The fourth-order valence-electron chi connectivity index (χ4n) is 0.880. The van der Waals surface area contributed by atoms with Crippen LogP contribution in [0.25, 0.3) is 0 Å². The summed E-state index contributed by atoms with van der Waals surface area (Å²) in [7, 11) is 1.89. The van der Waals surface area contributed by atoms with Crippen LogP contribution in [0.4, 0.5) is 4.79 Å². The second-order valence-electron chi connectivity index (χ2n) is 5.07. The molecule has 0 rings (SSSR count). The van der Waals surface area contributed by atoms with Gasteiger partial charge in [-0.1, -0.05) is 33.9 Å². The molecular weight excluding hydrogens is 166 g/mol. The van der Waals surface area contributed by atoms with E-state index in [2.05, 4.69) is 33.9 Å². The number of carbonyl (C=O) groups is 1. The zero-order chi connectivity index (χ0) is 10.2. The van der Waals surface area contributed by atoms with Crippen LogP contribution in [0.3, 0.4) is 0 Å². The summed E-state index contributed by atoms with van der Waals surface area (Å²) in [5.74, 6) is 0. The minimum absolute atomic E-state index is 0.147. The van der Waals surface area contributed by atoms with Gasteiger partial charge in [0.1, 0.15) is 0 Å². The van der Waals surface area contributed by atoms with Crippen molar-refractivity contribution in [3.8, 4) is 0 Å². The van der Waals surface area contributed by atoms with Crippen molar-refractivity contribution in [3.05, 3.63) is 0 Å². The SMILES string of the molecule is CN(C)C(=O)[Si](C)(C)C(C)(C)C. The van der Waals surface area contributed by atoms with Crippen LogP contribution in [0.5, 0.6) is 0 Å². The first kappa shape index (κ1) is 11.7. The summed E-state index contributed by atoms with van der Waals surface area (Å²) in [5.41, 5.74) is 0.329. The lowest BCUT2D eigenvalue weighted by Crippen LogP contribution is -2.51. The highest BCUT2D eigenvalue weighted by Gasteiger charge is 2.43. The molecule has 0 aliphatic heterocycles. The Morgan fingerprint density at radius 2 is 1.50 bits per heavy atom. The van der Waals surface area contributed by atoms with Crippen LogP contribution in [0.15, 0.2) is 0 Å². The van der Waals surface area contributed by atoms with Crippen molar-refractivity contribution >= 4 is 13.6 Å². The molecule has 0 saturated carbocycles. The van der Waals surface area contributed by atoms with Crippen LogP contribution >= 0.6 is 0 Å². The van der Waals surface area contributed by atoms with Gasteiger partial charge in [0.05, 0.1) is 0 Å². The van der Waals surface area contributed by atoms with Gasteiger partial charge in [-0.15, -0.1) is 0 Å². The smallest absolute Gasteiger partial charge is 0.194 e. The minimum atomic E-state index is -1.78. The first-order valence-electron chi connectivity index (χ1n) is 4.32. The molecule has 0 heterocycles. The molecule has 0 bridgehead atoms. The van der Waals surface area contributed by atoms with Gasteiger partial charge in [0.25, 0.3) is 0 Å². The lowest BCUT2D eigenvalue weighted by Gasteiger charge is -2.36. The summed E-state index contributed by atoms with van der Waals surface area (Å²) in [6.07, 6.45) is 0. The molecule has 0 fully saturated rings. The van der Waals surface area contributed by atoms with Crippen LogP contribution in [0.2, 0.25) is 18.1 Å². The Bertz CT molecular complexity index is 179. The lowest BCUT2D eigenvalue weighted by atomic mass is 10.2. The quantitative estimate of drug-likeness (QED) is 0.578. The van der Waals surface area contributed by atoms with Crippen molar-refractivity contribution in [1.29, 1.82) is 0 Å². The topological polar surface area (TPSA) is 20.3 Å². The molecule has 0 unspecified atom stereocenters. The van der Waals surface area contributed by atoms with E-state index in [0.717, 1.165) is 0 Å². The Balaban J connectivity index is 4.74. The third-order valence-electron chi connectivity index (χ3n) is 2.82. The van der Waals surface area contributed by atoms with Gasteiger partial charge in [-0.25, -0.2) is 0 Å². The predicted molar refractivity (Wildman–Crippen MR) is 56.3 cm³/mol. The Kier molecular flexibility index (Phi) is 3.12. The third kappa shape index (κ3) is 2.09. The molecule has 0 aliphatic carbocycles. The van der Waals surface area contributed by atoms with E-state index in [1.165, 1.54) is 0 Å². The summed E-state index contributed by atoms with van der Waals surface area (Å²) >= 11 is 0. The third-order valence-corrected chi connectivity index (χ3v) is 8.08. The lowest BCUT2D eigenvalue weighted by molar-refractivity contribution is 0.236. The van der Waals surface area contributed by atoms with Gasteiger partial charge in [-0.3, -0.25) is 4.79 Å². The molecular formula is C9H21NOSi. The molecule has 0 N–H and O–H groups in total. The molecule has 3 heteroatoms. The summed E-state index contributed by atoms with van der Waals surface area (Å²) < 4.78 is 0. The van der Waals surface area contributed by atoms with Crippen molar-refractivity contribution < 1.29 is 4.79 Å². The van der Waals surface area contributed by atoms with Gasteiger partial charge in [0.2, 0.25) is 0 Å². The monoisotopic (exact) mass is 187 g/mol. The molecule has 0 saturated heterocycles. The molecule has 0 radical (unpaired) electrons. The van der Waals surface area contributed by atoms with Crippen LogP contribution in [0, 0.1) is 0 Å². The zero-order valence-corrected chi connectivity index (χ0v) is 10.4. The van der Waals surface area contributed by atoms with Gasteiger partial charge in [0.15, 0.2) is 13.6 Å². The highest BCUT2D eigenvalue weighted by atomic mass is 28.3. The maximum atomic E-state index is 11.8. The molecule has 1 amide bonds. The summed E-state index contributed by atoms with van der Waals surface area (Å²) in [4.78, 5) is 13.5. The number of amides is 1. The maximum absolute atomic E-state index is 11.8. The van der Waals surface area contributed by atoms with Crippen molar-refractivity contribution in [2.75, 3.05) is 14.1 Å². The van der Waals surface area contributed by atoms with Gasteiger partial charge < -0.3 is 4.90 Å². The molecule has 0 aromatic rings. The minimum Gasteiger partial charge on any atom is -0.353 e. The second kappa shape index (κ2) is 3.21. The normalized spacial score (nSPS) is 12.9. The second-order valence-corrected chi connectivity index (χ2v) is 10.3. The van der Waals surface area contributed by atoms with Crippen molar-refractivity contribution in [2.24, 2.45) is 0 Å². The van der Waals surface area contributed by atoms with Crippen LogP contribution in [0.1, 0.15) is 20.8 Å². The van der Waals surface area contributed by atoms with Gasteiger partial charge in [0, 0.05) is 14.1 Å². The first-order valence-corrected chi connectivity index (χ1v) is 7.32. The van der Waals surface area contributed by atoms with Crippen molar-refractivity contribution in [2.45, 2.75) is 38.9 Å². The largest absolute Gasteiger partial charge is 0.353 e.